The summed E-state index contributed by atoms with van der Waals surface area (Å²) >= 11 is 6.13. The number of likely N-dealkylation sites (tertiary alicyclic amines) is 1. The minimum atomic E-state index is -0.417. The van der Waals surface area contributed by atoms with Gasteiger partial charge in [-0.15, -0.1) is 0 Å². The molecular weight excluding hydrogens is 390 g/mol. The summed E-state index contributed by atoms with van der Waals surface area (Å²) in [5, 5.41) is 10.8. The lowest BCUT2D eigenvalue weighted by Gasteiger charge is -2.35. The number of rotatable bonds is 3. The number of hydrogen-bond acceptors (Lipinski definition) is 4. The van der Waals surface area contributed by atoms with Crippen LogP contribution in [-0.4, -0.2) is 46.8 Å². The van der Waals surface area contributed by atoms with Crippen LogP contribution >= 0.6 is 11.6 Å². The quantitative estimate of drug-likeness (QED) is 0.547. The maximum Gasteiger partial charge on any atom is 0.269 e. The van der Waals surface area contributed by atoms with Gasteiger partial charge >= 0.3 is 0 Å². The summed E-state index contributed by atoms with van der Waals surface area (Å²) < 4.78 is 0. The first-order valence-corrected chi connectivity index (χ1v) is 10.2. The van der Waals surface area contributed by atoms with Crippen molar-refractivity contribution >= 4 is 23.2 Å². The van der Waals surface area contributed by atoms with Crippen LogP contribution in [0, 0.1) is 10.1 Å². The van der Waals surface area contributed by atoms with E-state index in [1.165, 1.54) is 36.1 Å². The molecule has 154 valence electrons. The Labute approximate surface area is 176 Å². The number of para-hydroxylation sites is 1. The Balaban J connectivity index is 0.000000224. The Hall–Kier alpha value is -2.44. The molecule has 1 heterocycles. The number of fused-ring (bicyclic) bond motifs is 1. The van der Waals surface area contributed by atoms with Crippen LogP contribution < -0.4 is 0 Å². The van der Waals surface area contributed by atoms with E-state index >= 15 is 0 Å². The molecule has 1 amide bonds. The third-order valence-electron chi connectivity index (χ3n) is 5.71. The number of halogens is 1. The zero-order valence-electron chi connectivity index (χ0n) is 16.8. The fourth-order valence-electron chi connectivity index (χ4n) is 4.20. The van der Waals surface area contributed by atoms with Gasteiger partial charge in [-0.1, -0.05) is 35.9 Å². The lowest BCUT2D eigenvalue weighted by molar-refractivity contribution is -0.384. The van der Waals surface area contributed by atoms with Crippen LogP contribution in [0.4, 0.5) is 5.69 Å². The predicted molar refractivity (Wildman–Crippen MR) is 114 cm³/mol. The Morgan fingerprint density at radius 1 is 1.17 bits per heavy atom. The maximum atomic E-state index is 11.8. The van der Waals surface area contributed by atoms with Gasteiger partial charge in [0, 0.05) is 37.2 Å². The molecule has 1 aliphatic carbocycles. The van der Waals surface area contributed by atoms with Gasteiger partial charge in [0.2, 0.25) is 5.91 Å². The number of amides is 1. The first kappa shape index (κ1) is 21.3. The number of likely N-dealkylation sites (N-methyl/N-ethyl adjacent to an activating group) is 1. The highest BCUT2D eigenvalue weighted by atomic mass is 35.5. The summed E-state index contributed by atoms with van der Waals surface area (Å²) in [7, 11) is 1.92. The summed E-state index contributed by atoms with van der Waals surface area (Å²) in [4.78, 5) is 25.9. The van der Waals surface area contributed by atoms with Gasteiger partial charge < -0.3 is 4.90 Å². The smallest absolute Gasteiger partial charge is 0.269 e. The van der Waals surface area contributed by atoms with E-state index < -0.39 is 4.92 Å². The van der Waals surface area contributed by atoms with Gasteiger partial charge in [0.25, 0.3) is 5.69 Å². The number of nitrogens with zero attached hydrogens (tertiary/aromatic N) is 3. The molecule has 1 saturated heterocycles. The minimum Gasteiger partial charge on any atom is -0.337 e. The van der Waals surface area contributed by atoms with Crippen molar-refractivity contribution in [1.29, 1.82) is 0 Å². The molecule has 29 heavy (non-hydrogen) atoms. The topological polar surface area (TPSA) is 66.7 Å². The van der Waals surface area contributed by atoms with E-state index in [1.807, 2.05) is 18.0 Å². The number of carbonyl (C=O) groups is 1. The molecule has 0 aromatic heterocycles. The molecule has 0 radical (unpaired) electrons. The third-order valence-corrected chi connectivity index (χ3v) is 5.94. The average molecular weight is 416 g/mol. The van der Waals surface area contributed by atoms with Gasteiger partial charge in [-0.2, -0.15) is 0 Å². The number of hydrogen-bond donors (Lipinski definition) is 0. The van der Waals surface area contributed by atoms with E-state index in [-0.39, 0.29) is 17.6 Å². The first-order chi connectivity index (χ1) is 13.9. The molecule has 0 saturated carbocycles. The maximum absolute atomic E-state index is 11.8. The monoisotopic (exact) mass is 415 g/mol. The predicted octanol–water partition coefficient (Wildman–Crippen LogP) is 4.47. The first-order valence-electron chi connectivity index (χ1n) is 9.83. The van der Waals surface area contributed by atoms with Crippen molar-refractivity contribution in [2.24, 2.45) is 0 Å². The molecule has 0 N–H and O–H groups in total. The second-order valence-electron chi connectivity index (χ2n) is 7.53. The summed E-state index contributed by atoms with van der Waals surface area (Å²) in [5.41, 5.74) is 2.70. The summed E-state index contributed by atoms with van der Waals surface area (Å²) in [6, 6.07) is 14.6. The Kier molecular flexibility index (Phi) is 6.87. The number of nitro benzene ring substituents is 1. The van der Waals surface area contributed by atoms with Crippen molar-refractivity contribution < 1.29 is 9.72 Å². The molecule has 2 aromatic rings. The van der Waals surface area contributed by atoms with Crippen LogP contribution in [0.2, 0.25) is 5.02 Å². The highest BCUT2D eigenvalue weighted by Gasteiger charge is 2.40. The molecule has 2 atom stereocenters. The number of nitro groups is 1. The molecule has 6 nitrogen and oxygen atoms in total. The van der Waals surface area contributed by atoms with Crippen LogP contribution in [-0.2, 0) is 11.2 Å². The molecule has 2 aliphatic rings. The lowest BCUT2D eigenvalue weighted by atomic mass is 10.0. The van der Waals surface area contributed by atoms with Gasteiger partial charge in [0.05, 0.1) is 11.0 Å². The van der Waals surface area contributed by atoms with Crippen LogP contribution in [0.5, 0.6) is 0 Å². The van der Waals surface area contributed by atoms with Gasteiger partial charge in [-0.05, 0) is 55.6 Å². The normalized spacial score (nSPS) is 20.5. The average Bonchev–Trinajstić information content (AvgIpc) is 3.35. The Morgan fingerprint density at radius 2 is 1.83 bits per heavy atom. The van der Waals surface area contributed by atoms with Gasteiger partial charge in [-0.3, -0.25) is 19.8 Å². The van der Waals surface area contributed by atoms with Crippen molar-refractivity contribution in [2.75, 3.05) is 20.1 Å². The molecule has 4 rings (SSSR count). The molecule has 0 bridgehead atoms. The van der Waals surface area contributed by atoms with Gasteiger partial charge in [0.1, 0.15) is 0 Å². The van der Waals surface area contributed by atoms with Crippen molar-refractivity contribution in [1.82, 2.24) is 9.80 Å². The van der Waals surface area contributed by atoms with Gasteiger partial charge in [0.15, 0.2) is 0 Å². The standard InChI is InChI=1S/C16H21ClN2O.C6H5NO2/c1-11(20)18(2)16-14-6-5-13(17)9-12(14)10-15(16)19-7-3-4-8-19;8-7(9)6-4-2-1-3-5-6/h5-6,9,15-16H,3-4,7-8,10H2,1-2H3;1-5H. The zero-order chi connectivity index (χ0) is 21.0. The largest absolute Gasteiger partial charge is 0.337 e. The van der Waals surface area contributed by atoms with E-state index in [0.29, 0.717) is 6.04 Å². The third kappa shape index (κ3) is 4.95. The Morgan fingerprint density at radius 3 is 2.38 bits per heavy atom. The van der Waals surface area contributed by atoms with Gasteiger partial charge in [-0.25, -0.2) is 0 Å². The summed E-state index contributed by atoms with van der Waals surface area (Å²) in [6.07, 6.45) is 3.53. The highest BCUT2D eigenvalue weighted by Crippen LogP contribution is 2.40. The van der Waals surface area contributed by atoms with E-state index in [1.54, 1.807) is 25.1 Å². The van der Waals surface area contributed by atoms with Crippen LogP contribution in [0.15, 0.2) is 48.5 Å². The molecule has 2 unspecified atom stereocenters. The highest BCUT2D eigenvalue weighted by molar-refractivity contribution is 6.30. The number of carbonyl (C=O) groups excluding carboxylic acids is 1. The number of non-ortho nitro benzene ring substituents is 1. The molecule has 7 heteroatoms. The van der Waals surface area contributed by atoms with Crippen LogP contribution in [0.1, 0.15) is 36.9 Å². The van der Waals surface area contributed by atoms with Crippen LogP contribution in [0.3, 0.4) is 0 Å². The second kappa shape index (κ2) is 9.37. The zero-order valence-corrected chi connectivity index (χ0v) is 17.5. The molecular formula is C22H26ClN3O3. The number of benzene rings is 2. The summed E-state index contributed by atoms with van der Waals surface area (Å²) in [6.45, 7) is 3.94. The van der Waals surface area contributed by atoms with E-state index in [2.05, 4.69) is 17.0 Å². The minimum absolute atomic E-state index is 0.127. The lowest BCUT2D eigenvalue weighted by Crippen LogP contribution is -2.43. The van der Waals surface area contributed by atoms with Crippen molar-refractivity contribution in [3.05, 3.63) is 74.8 Å². The van der Waals surface area contributed by atoms with Crippen LogP contribution in [0.25, 0.3) is 0 Å². The molecule has 1 aliphatic heterocycles. The fourth-order valence-corrected chi connectivity index (χ4v) is 4.39. The van der Waals surface area contributed by atoms with Crippen molar-refractivity contribution in [3.8, 4) is 0 Å². The molecule has 2 aromatic carbocycles. The SMILES string of the molecule is CC(=O)N(C)C1c2ccc(Cl)cc2CC1N1CCCC1.O=[N+]([O-])c1ccccc1. The van der Waals surface area contributed by atoms with Crippen molar-refractivity contribution in [2.45, 2.75) is 38.3 Å². The van der Waals surface area contributed by atoms with E-state index in [9.17, 15) is 14.9 Å². The fraction of sp³-hybridized carbons (Fsp3) is 0.409. The van der Waals surface area contributed by atoms with E-state index in [0.717, 1.165) is 24.5 Å². The van der Waals surface area contributed by atoms with Crippen molar-refractivity contribution in [3.63, 3.8) is 0 Å². The Bertz CT molecular complexity index is 869. The summed E-state index contributed by atoms with van der Waals surface area (Å²) in [5.74, 6) is 0.127. The van der Waals surface area contributed by atoms with E-state index in [4.69, 9.17) is 11.6 Å². The molecule has 0 spiro atoms. The molecule has 1 fully saturated rings. The second-order valence-corrected chi connectivity index (χ2v) is 7.96.